The van der Waals surface area contributed by atoms with Crippen molar-refractivity contribution in [3.05, 3.63) is 127 Å². The average molecular weight is 524 g/mol. The first-order chi connectivity index (χ1) is 18.4. The van der Waals surface area contributed by atoms with Crippen LogP contribution in [0.25, 0.3) is 50.6 Å². The lowest BCUT2D eigenvalue weighted by molar-refractivity contribution is -2.00. The van der Waals surface area contributed by atoms with Crippen LogP contribution in [0.15, 0.2) is 127 Å². The number of aromatic amines is 1. The molecule has 38 heavy (non-hydrogen) atoms. The molecule has 1 N–H and O–H groups in total. The number of halogens is 1. The summed E-state index contributed by atoms with van der Waals surface area (Å²) in [4.78, 5) is 8.51. The van der Waals surface area contributed by atoms with Gasteiger partial charge in [0.05, 0.1) is 0 Å². The summed E-state index contributed by atoms with van der Waals surface area (Å²) in [5, 5.41) is 0. The topological polar surface area (TPSA) is 125 Å². The van der Waals surface area contributed by atoms with Crippen molar-refractivity contribution in [3.63, 3.8) is 0 Å². The Bertz CT molecular complexity index is 1550. The highest BCUT2D eigenvalue weighted by Crippen LogP contribution is 2.30. The number of benzene rings is 4. The number of nitrogens with one attached hydrogen (secondary N) is 1. The van der Waals surface area contributed by atoms with E-state index in [0.717, 1.165) is 39.5 Å². The van der Waals surface area contributed by atoms with E-state index in [0.29, 0.717) is 0 Å². The molecular formula is C30H22ClN3O4. The molecule has 0 amide bonds. The van der Waals surface area contributed by atoms with Gasteiger partial charge < -0.3 is 0 Å². The molecule has 6 rings (SSSR count). The van der Waals surface area contributed by atoms with Crippen LogP contribution in [0.1, 0.15) is 0 Å². The Balaban J connectivity index is 0.000000540. The predicted molar refractivity (Wildman–Crippen MR) is 134 cm³/mol. The first-order valence-electron chi connectivity index (χ1n) is 11.7. The first-order valence-corrected chi connectivity index (χ1v) is 12.9. The van der Waals surface area contributed by atoms with Gasteiger partial charge in [0.2, 0.25) is 0 Å². The second kappa shape index (κ2) is 10.9. The van der Waals surface area contributed by atoms with Gasteiger partial charge in [-0.3, -0.25) is 0 Å². The number of hydrogen-bond donors (Lipinski definition) is 1. The Morgan fingerprint density at radius 3 is 1.42 bits per heavy atom. The van der Waals surface area contributed by atoms with Crippen molar-refractivity contribution < 1.29 is 33.4 Å². The zero-order chi connectivity index (χ0) is 26.5. The van der Waals surface area contributed by atoms with Crippen molar-refractivity contribution in [2.24, 2.45) is 0 Å². The zero-order valence-corrected chi connectivity index (χ0v) is 20.8. The molecule has 6 aromatic rings. The normalized spacial score (nSPS) is 11.2. The molecule has 0 aliphatic rings. The maximum atomic E-state index is 8.49. The van der Waals surface area contributed by atoms with Crippen LogP contribution in [0, 0.1) is 10.2 Å². The van der Waals surface area contributed by atoms with E-state index in [-0.39, 0.29) is 0 Å². The van der Waals surface area contributed by atoms with Crippen LogP contribution in [0.5, 0.6) is 0 Å². The highest BCUT2D eigenvalue weighted by Gasteiger charge is 2.24. The number of pyridine rings is 1. The number of para-hydroxylation sites is 2. The van der Waals surface area contributed by atoms with Crippen LogP contribution < -0.4 is 23.2 Å². The Morgan fingerprint density at radius 2 is 0.947 bits per heavy atom. The summed E-state index contributed by atoms with van der Waals surface area (Å²) in [6, 6.07) is 44.2. The number of H-pyrrole nitrogens is 1. The van der Waals surface area contributed by atoms with Gasteiger partial charge >= 0.3 is 5.95 Å². The quantitative estimate of drug-likeness (QED) is 0.354. The molecule has 0 aliphatic carbocycles. The van der Waals surface area contributed by atoms with Crippen molar-refractivity contribution in [3.8, 4) is 39.6 Å². The second-order valence-electron chi connectivity index (χ2n) is 8.40. The molecule has 0 bridgehead atoms. The van der Waals surface area contributed by atoms with E-state index in [1.54, 1.807) is 0 Å². The summed E-state index contributed by atoms with van der Waals surface area (Å²) in [5.74, 6) is 0.800. The number of aromatic nitrogens is 3. The fourth-order valence-electron chi connectivity index (χ4n) is 4.31. The monoisotopic (exact) mass is 523 g/mol. The summed E-state index contributed by atoms with van der Waals surface area (Å²) in [5.41, 5.74) is 8.74. The van der Waals surface area contributed by atoms with Crippen LogP contribution in [-0.4, -0.2) is 9.97 Å². The van der Waals surface area contributed by atoms with Crippen molar-refractivity contribution in [2.45, 2.75) is 0 Å². The number of nitrogens with zero attached hydrogens (tertiary/aromatic N) is 2. The van der Waals surface area contributed by atoms with E-state index < -0.39 is 10.2 Å². The molecule has 0 radical (unpaired) electrons. The minimum atomic E-state index is -4.94. The lowest BCUT2D eigenvalue weighted by Crippen LogP contribution is -2.68. The molecule has 2 heterocycles. The Morgan fingerprint density at radius 1 is 0.526 bits per heavy atom. The highest BCUT2D eigenvalue weighted by atomic mass is 35.7. The maximum absolute atomic E-state index is 8.49. The van der Waals surface area contributed by atoms with Crippen molar-refractivity contribution in [1.29, 1.82) is 0 Å². The average Bonchev–Trinajstić information content (AvgIpc) is 3.37. The van der Waals surface area contributed by atoms with Crippen molar-refractivity contribution >= 4 is 11.0 Å². The van der Waals surface area contributed by atoms with Crippen LogP contribution >= 0.6 is 0 Å². The summed E-state index contributed by atoms with van der Waals surface area (Å²) in [6.07, 6.45) is 0. The van der Waals surface area contributed by atoms with E-state index >= 15 is 0 Å². The molecule has 0 spiro atoms. The molecule has 0 atom stereocenters. The van der Waals surface area contributed by atoms with Crippen LogP contribution in [0.4, 0.5) is 0 Å². The molecule has 0 unspecified atom stereocenters. The largest absolute Gasteiger partial charge is 0.402 e. The predicted octanol–water partition coefficient (Wildman–Crippen LogP) is 2.08. The number of rotatable bonds is 4. The third-order valence-electron chi connectivity index (χ3n) is 5.90. The van der Waals surface area contributed by atoms with Gasteiger partial charge in [-0.15, -0.1) is 10.2 Å². The molecule has 2 aromatic heterocycles. The first kappa shape index (κ1) is 25.3. The molecule has 0 saturated carbocycles. The maximum Gasteiger partial charge on any atom is 0.402 e. The fourth-order valence-corrected chi connectivity index (χ4v) is 4.31. The standard InChI is InChI=1S/C30H22N3.ClHO4/c1-4-12-22(13-5-1)25-20-28(23-14-6-2-7-15-23)33(29(21-25)24-16-8-3-9-17-24)30-31-26-18-10-11-19-27(26)32-30;2-1(3,4)5/h1-21H,(H,31,32);(H,2,3,4,5)/q+1;/p-1. The van der Waals surface area contributed by atoms with E-state index in [1.807, 2.05) is 30.3 Å². The number of hydrogen-bond acceptors (Lipinski definition) is 5. The van der Waals surface area contributed by atoms with Gasteiger partial charge in [0.1, 0.15) is 16.9 Å². The van der Waals surface area contributed by atoms with Crippen LogP contribution in [0.2, 0.25) is 0 Å². The molecule has 7 nitrogen and oxygen atoms in total. The van der Waals surface area contributed by atoms with Gasteiger partial charge in [-0.25, -0.2) is 23.6 Å². The summed E-state index contributed by atoms with van der Waals surface area (Å²) in [7, 11) is -4.94. The van der Waals surface area contributed by atoms with E-state index in [9.17, 15) is 0 Å². The number of imidazole rings is 1. The van der Waals surface area contributed by atoms with Gasteiger partial charge in [-0.1, -0.05) is 108 Å². The molecule has 0 aliphatic heterocycles. The van der Waals surface area contributed by atoms with Crippen LogP contribution in [-0.2, 0) is 0 Å². The van der Waals surface area contributed by atoms with Crippen molar-refractivity contribution in [2.75, 3.05) is 0 Å². The van der Waals surface area contributed by atoms with Gasteiger partial charge in [0.15, 0.2) is 5.52 Å². The molecular weight excluding hydrogens is 502 g/mol. The van der Waals surface area contributed by atoms with Crippen LogP contribution in [0.3, 0.4) is 0 Å². The summed E-state index contributed by atoms with van der Waals surface area (Å²) < 4.78 is 36.2. The minimum Gasteiger partial charge on any atom is -0.238 e. The summed E-state index contributed by atoms with van der Waals surface area (Å²) >= 11 is 0. The number of fused-ring (bicyclic) bond motifs is 1. The lowest BCUT2D eigenvalue weighted by Gasteiger charge is -2.17. The highest BCUT2D eigenvalue weighted by molar-refractivity contribution is 5.77. The SMILES string of the molecule is [O-][Cl+3]([O-])([O-])[O-].c1ccc(-c2cc(-c3ccccc3)[n+](-c3nc4ccccc4[nH]3)c(-c3ccccc3)c2)cc1. The molecule has 8 heteroatoms. The second-order valence-corrected chi connectivity index (χ2v) is 9.16. The molecule has 0 saturated heterocycles. The molecule has 0 fully saturated rings. The van der Waals surface area contributed by atoms with E-state index in [2.05, 4.69) is 107 Å². The van der Waals surface area contributed by atoms with Gasteiger partial charge in [0, 0.05) is 11.1 Å². The smallest absolute Gasteiger partial charge is 0.238 e. The Hall–Kier alpha value is -4.37. The lowest BCUT2D eigenvalue weighted by atomic mass is 9.99. The molecule has 188 valence electrons. The minimum absolute atomic E-state index is 0.800. The van der Waals surface area contributed by atoms with Gasteiger partial charge in [0.25, 0.3) is 0 Å². The zero-order valence-electron chi connectivity index (χ0n) is 20.0. The van der Waals surface area contributed by atoms with E-state index in [1.165, 1.54) is 11.1 Å². The summed E-state index contributed by atoms with van der Waals surface area (Å²) in [6.45, 7) is 0. The Kier molecular flexibility index (Phi) is 7.28. The van der Waals surface area contributed by atoms with Gasteiger partial charge in [-0.05, 0) is 35.4 Å². The Labute approximate surface area is 221 Å². The third kappa shape index (κ3) is 5.95. The third-order valence-corrected chi connectivity index (χ3v) is 5.90. The van der Waals surface area contributed by atoms with Crippen molar-refractivity contribution in [1.82, 2.24) is 9.97 Å². The molecule has 4 aromatic carbocycles. The van der Waals surface area contributed by atoms with Gasteiger partial charge in [-0.2, -0.15) is 4.57 Å². The van der Waals surface area contributed by atoms with E-state index in [4.69, 9.17) is 23.6 Å². The fraction of sp³-hybridized carbons (Fsp3) is 0.